The molecular weight excluding hydrogens is 366 g/mol. The van der Waals surface area contributed by atoms with Gasteiger partial charge in [-0.2, -0.15) is 0 Å². The highest BCUT2D eigenvalue weighted by Gasteiger charge is 2.07. The lowest BCUT2D eigenvalue weighted by Crippen LogP contribution is -2.22. The molecule has 0 bridgehead atoms. The van der Waals surface area contributed by atoms with Crippen LogP contribution in [0.1, 0.15) is 128 Å². The van der Waals surface area contributed by atoms with Crippen LogP contribution in [0.2, 0.25) is 0 Å². The molecule has 0 heterocycles. The van der Waals surface area contributed by atoms with Crippen LogP contribution in [0.4, 0.5) is 0 Å². The van der Waals surface area contributed by atoms with E-state index < -0.39 is 0 Å². The highest BCUT2D eigenvalue weighted by molar-refractivity contribution is 5.39. The largest absolute Gasteiger partial charge is 0.492 e. The van der Waals surface area contributed by atoms with E-state index in [9.17, 15) is 0 Å². The number of nitrogens with one attached hydrogen (secondary N) is 1. The molecule has 30 heavy (non-hydrogen) atoms. The van der Waals surface area contributed by atoms with E-state index in [0.717, 1.165) is 25.4 Å². The summed E-state index contributed by atoms with van der Waals surface area (Å²) >= 11 is 0. The van der Waals surface area contributed by atoms with Gasteiger partial charge in [0.2, 0.25) is 0 Å². The summed E-state index contributed by atoms with van der Waals surface area (Å²) in [6.45, 7) is 11.7. The van der Waals surface area contributed by atoms with Gasteiger partial charge in [0, 0.05) is 6.54 Å². The summed E-state index contributed by atoms with van der Waals surface area (Å²) in [5, 5.41) is 3.54. The van der Waals surface area contributed by atoms with Gasteiger partial charge >= 0.3 is 0 Å². The summed E-state index contributed by atoms with van der Waals surface area (Å²) in [5.41, 5.74) is 2.58. The zero-order valence-electron chi connectivity index (χ0n) is 20.7. The van der Waals surface area contributed by atoms with Gasteiger partial charge in [0.25, 0.3) is 0 Å². The van der Waals surface area contributed by atoms with Crippen molar-refractivity contribution in [3.8, 4) is 5.75 Å². The van der Waals surface area contributed by atoms with Crippen molar-refractivity contribution in [3.05, 3.63) is 29.3 Å². The predicted molar refractivity (Wildman–Crippen MR) is 134 cm³/mol. The first kappa shape index (κ1) is 27.0. The zero-order chi connectivity index (χ0) is 21.9. The maximum absolute atomic E-state index is 6.04. The molecule has 1 rings (SSSR count). The molecule has 0 aliphatic carbocycles. The van der Waals surface area contributed by atoms with Crippen LogP contribution in [0.15, 0.2) is 18.2 Å². The molecule has 1 aromatic carbocycles. The van der Waals surface area contributed by atoms with Gasteiger partial charge in [-0.15, -0.1) is 0 Å². The molecular formula is C28H51NO. The van der Waals surface area contributed by atoms with Crippen molar-refractivity contribution in [1.29, 1.82) is 0 Å². The number of ether oxygens (including phenoxy) is 1. The molecule has 0 saturated heterocycles. The summed E-state index contributed by atoms with van der Waals surface area (Å²) in [4.78, 5) is 0. The van der Waals surface area contributed by atoms with Crippen molar-refractivity contribution in [2.24, 2.45) is 0 Å². The average molecular weight is 418 g/mol. The van der Waals surface area contributed by atoms with Crippen molar-refractivity contribution >= 4 is 0 Å². The smallest absolute Gasteiger partial charge is 0.123 e. The van der Waals surface area contributed by atoms with Crippen molar-refractivity contribution in [2.75, 3.05) is 19.7 Å². The Kier molecular flexibility index (Phi) is 16.9. The summed E-state index contributed by atoms with van der Waals surface area (Å²) in [5.74, 6) is 1.56. The van der Waals surface area contributed by atoms with Gasteiger partial charge in [-0.05, 0) is 43.0 Å². The molecule has 2 nitrogen and oxygen atoms in total. The van der Waals surface area contributed by atoms with Gasteiger partial charge < -0.3 is 10.1 Å². The lowest BCUT2D eigenvalue weighted by Gasteiger charge is -2.15. The summed E-state index contributed by atoms with van der Waals surface area (Å²) in [7, 11) is 0. The monoisotopic (exact) mass is 417 g/mol. The van der Waals surface area contributed by atoms with Gasteiger partial charge in [0.1, 0.15) is 12.4 Å². The number of unbranched alkanes of at least 4 members (excludes halogenated alkanes) is 13. The first-order valence-corrected chi connectivity index (χ1v) is 13.1. The Morgan fingerprint density at radius 1 is 0.733 bits per heavy atom. The minimum Gasteiger partial charge on any atom is -0.492 e. The fourth-order valence-corrected chi connectivity index (χ4v) is 4.05. The van der Waals surface area contributed by atoms with Gasteiger partial charge in [0.05, 0.1) is 0 Å². The van der Waals surface area contributed by atoms with Gasteiger partial charge in [-0.25, -0.2) is 0 Å². The topological polar surface area (TPSA) is 21.3 Å². The molecule has 0 unspecified atom stereocenters. The van der Waals surface area contributed by atoms with Crippen LogP contribution >= 0.6 is 0 Å². The maximum Gasteiger partial charge on any atom is 0.123 e. The van der Waals surface area contributed by atoms with Gasteiger partial charge in [-0.3, -0.25) is 0 Å². The number of rotatable bonds is 20. The number of hydrogen-bond acceptors (Lipinski definition) is 2. The molecule has 1 aromatic rings. The summed E-state index contributed by atoms with van der Waals surface area (Å²) < 4.78 is 6.04. The molecule has 0 saturated carbocycles. The molecule has 1 N–H and O–H groups in total. The van der Waals surface area contributed by atoms with E-state index in [1.165, 1.54) is 101 Å². The van der Waals surface area contributed by atoms with Crippen molar-refractivity contribution in [1.82, 2.24) is 5.32 Å². The molecule has 0 aliphatic rings. The highest BCUT2D eigenvalue weighted by atomic mass is 16.5. The first-order valence-electron chi connectivity index (χ1n) is 13.1. The van der Waals surface area contributed by atoms with Crippen LogP contribution in [0.3, 0.4) is 0 Å². The van der Waals surface area contributed by atoms with E-state index in [4.69, 9.17) is 4.74 Å². The fraction of sp³-hybridized carbons (Fsp3) is 0.786. The van der Waals surface area contributed by atoms with E-state index in [-0.39, 0.29) is 0 Å². The molecule has 2 heteroatoms. The normalized spacial score (nSPS) is 11.4. The number of hydrogen-bond donors (Lipinski definition) is 1. The Bertz CT molecular complexity index is 511. The molecule has 174 valence electrons. The second kappa shape index (κ2) is 18.7. The van der Waals surface area contributed by atoms with Crippen LogP contribution in [-0.4, -0.2) is 19.7 Å². The predicted octanol–water partition coefficient (Wildman–Crippen LogP) is 8.57. The minimum absolute atomic E-state index is 0.504. The zero-order valence-corrected chi connectivity index (χ0v) is 20.7. The molecule has 0 spiro atoms. The van der Waals surface area contributed by atoms with Crippen molar-refractivity contribution in [2.45, 2.75) is 124 Å². The van der Waals surface area contributed by atoms with Crippen molar-refractivity contribution in [3.63, 3.8) is 0 Å². The van der Waals surface area contributed by atoms with Crippen LogP contribution in [0.25, 0.3) is 0 Å². The number of benzene rings is 1. The molecule has 0 fully saturated rings. The third kappa shape index (κ3) is 14.1. The average Bonchev–Trinajstić information content (AvgIpc) is 2.72. The van der Waals surface area contributed by atoms with E-state index in [2.05, 4.69) is 51.2 Å². The summed E-state index contributed by atoms with van der Waals surface area (Å²) in [6, 6.07) is 6.55. The van der Waals surface area contributed by atoms with E-state index in [1.54, 1.807) is 0 Å². The standard InChI is InChI=1S/C28H51NO/c1-5-6-7-8-9-10-11-12-13-14-15-16-17-18-21-29-22-23-30-28-24-26(4)19-20-27(28)25(2)3/h19-20,24-25,29H,5-18,21-23H2,1-4H3. The van der Waals surface area contributed by atoms with Crippen LogP contribution < -0.4 is 10.1 Å². The molecule has 0 amide bonds. The summed E-state index contributed by atoms with van der Waals surface area (Å²) in [6.07, 6.45) is 19.9. The van der Waals surface area contributed by atoms with Crippen LogP contribution in [0.5, 0.6) is 5.75 Å². The third-order valence-corrected chi connectivity index (χ3v) is 6.03. The first-order chi connectivity index (χ1) is 14.6. The van der Waals surface area contributed by atoms with E-state index in [1.807, 2.05) is 0 Å². The van der Waals surface area contributed by atoms with E-state index >= 15 is 0 Å². The Balaban J connectivity index is 1.86. The molecule has 0 atom stereocenters. The number of aryl methyl sites for hydroxylation is 1. The lowest BCUT2D eigenvalue weighted by molar-refractivity contribution is 0.309. The third-order valence-electron chi connectivity index (χ3n) is 6.03. The Morgan fingerprint density at radius 2 is 1.27 bits per heavy atom. The Morgan fingerprint density at radius 3 is 1.80 bits per heavy atom. The van der Waals surface area contributed by atoms with Crippen LogP contribution in [0, 0.1) is 6.92 Å². The van der Waals surface area contributed by atoms with Crippen molar-refractivity contribution < 1.29 is 4.74 Å². The van der Waals surface area contributed by atoms with Gasteiger partial charge in [-0.1, -0.05) is 116 Å². The lowest BCUT2D eigenvalue weighted by atomic mass is 10.0. The molecule has 0 aromatic heterocycles. The van der Waals surface area contributed by atoms with Gasteiger partial charge in [0.15, 0.2) is 0 Å². The maximum atomic E-state index is 6.04. The highest BCUT2D eigenvalue weighted by Crippen LogP contribution is 2.27. The fourth-order valence-electron chi connectivity index (χ4n) is 4.05. The Hall–Kier alpha value is -1.02. The SMILES string of the molecule is CCCCCCCCCCCCCCCCNCCOc1cc(C)ccc1C(C)C. The quantitative estimate of drug-likeness (QED) is 0.214. The van der Waals surface area contributed by atoms with E-state index in [0.29, 0.717) is 5.92 Å². The molecule has 0 radical (unpaired) electrons. The minimum atomic E-state index is 0.504. The molecule has 0 aliphatic heterocycles. The second-order valence-electron chi connectivity index (χ2n) is 9.39. The Labute approximate surface area is 188 Å². The second-order valence-corrected chi connectivity index (χ2v) is 9.39. The van der Waals surface area contributed by atoms with Crippen LogP contribution in [-0.2, 0) is 0 Å².